The minimum absolute atomic E-state index is 0.00398. The highest BCUT2D eigenvalue weighted by Gasteiger charge is 2.13. The van der Waals surface area contributed by atoms with Crippen LogP contribution in [0.25, 0.3) is 0 Å². The van der Waals surface area contributed by atoms with Gasteiger partial charge in [-0.2, -0.15) is 0 Å². The first-order chi connectivity index (χ1) is 6.15. The van der Waals surface area contributed by atoms with Gasteiger partial charge in [-0.3, -0.25) is 4.79 Å². The van der Waals surface area contributed by atoms with Crippen LogP contribution in [0.5, 0.6) is 0 Å². The lowest BCUT2D eigenvalue weighted by atomic mass is 10.5. The lowest BCUT2D eigenvalue weighted by molar-refractivity contribution is -0.143. The number of nitrogens with zero attached hydrogens (tertiary/aromatic N) is 1. The molecule has 0 aromatic carbocycles. The van der Waals surface area contributed by atoms with Crippen LogP contribution in [-0.2, 0) is 9.53 Å². The normalized spacial score (nSPS) is 9.15. The predicted molar refractivity (Wildman–Crippen MR) is 48.3 cm³/mol. The summed E-state index contributed by atoms with van der Waals surface area (Å²) in [5.41, 5.74) is 0. The van der Waals surface area contributed by atoms with E-state index in [9.17, 15) is 9.59 Å². The molecule has 0 fully saturated rings. The molecule has 5 nitrogen and oxygen atoms in total. The number of likely N-dealkylation sites (N-methyl/N-ethyl adjacent to an activating group) is 1. The molecule has 2 amide bonds. The largest absolute Gasteiger partial charge is 0.465 e. The number of hydrogen-bond donors (Lipinski definition) is 1. The first-order valence-corrected chi connectivity index (χ1v) is 4.27. The maximum Gasteiger partial charge on any atom is 0.325 e. The summed E-state index contributed by atoms with van der Waals surface area (Å²) in [5.74, 6) is -0.382. The second-order valence-corrected chi connectivity index (χ2v) is 2.37. The maximum absolute atomic E-state index is 11.1. The van der Waals surface area contributed by atoms with E-state index >= 15 is 0 Å². The molecular formula is C8H16N2O3. The van der Waals surface area contributed by atoms with Gasteiger partial charge in [-0.1, -0.05) is 0 Å². The van der Waals surface area contributed by atoms with Crippen molar-refractivity contribution in [3.05, 3.63) is 0 Å². The summed E-state index contributed by atoms with van der Waals surface area (Å²) in [6.07, 6.45) is 0. The van der Waals surface area contributed by atoms with Gasteiger partial charge in [-0.15, -0.1) is 0 Å². The Morgan fingerprint density at radius 1 is 1.38 bits per heavy atom. The third-order valence-corrected chi connectivity index (χ3v) is 1.51. The summed E-state index contributed by atoms with van der Waals surface area (Å²) in [6.45, 7) is 4.36. The molecule has 0 rings (SSSR count). The van der Waals surface area contributed by atoms with Crippen LogP contribution in [0.4, 0.5) is 4.79 Å². The number of urea groups is 1. The Morgan fingerprint density at radius 3 is 2.38 bits per heavy atom. The fraction of sp³-hybridized carbons (Fsp3) is 0.750. The third kappa shape index (κ3) is 4.35. The van der Waals surface area contributed by atoms with Crippen molar-refractivity contribution in [1.82, 2.24) is 10.2 Å². The average Bonchev–Trinajstić information content (AvgIpc) is 2.13. The topological polar surface area (TPSA) is 58.6 Å². The Labute approximate surface area is 78.0 Å². The monoisotopic (exact) mass is 188 g/mol. The Balaban J connectivity index is 3.97. The number of nitrogens with one attached hydrogen (secondary N) is 1. The van der Waals surface area contributed by atoms with E-state index in [1.807, 2.05) is 0 Å². The van der Waals surface area contributed by atoms with Gasteiger partial charge in [0.1, 0.15) is 6.54 Å². The first-order valence-electron chi connectivity index (χ1n) is 4.27. The molecule has 0 aromatic heterocycles. The Hall–Kier alpha value is -1.26. The molecule has 0 saturated heterocycles. The van der Waals surface area contributed by atoms with E-state index in [1.54, 1.807) is 13.8 Å². The molecule has 0 radical (unpaired) electrons. The summed E-state index contributed by atoms with van der Waals surface area (Å²) >= 11 is 0. The van der Waals surface area contributed by atoms with Gasteiger partial charge < -0.3 is 15.0 Å². The summed E-state index contributed by atoms with van der Waals surface area (Å²) in [6, 6.07) is -0.268. The minimum atomic E-state index is -0.382. The molecule has 0 unspecified atom stereocenters. The Kier molecular flexibility index (Phi) is 5.67. The molecule has 13 heavy (non-hydrogen) atoms. The van der Waals surface area contributed by atoms with Crippen molar-refractivity contribution in [1.29, 1.82) is 0 Å². The highest BCUT2D eigenvalue weighted by Crippen LogP contribution is 1.90. The van der Waals surface area contributed by atoms with Crippen molar-refractivity contribution in [2.45, 2.75) is 13.8 Å². The van der Waals surface area contributed by atoms with E-state index in [1.165, 1.54) is 11.9 Å². The van der Waals surface area contributed by atoms with Gasteiger partial charge in [0.25, 0.3) is 0 Å². The number of rotatable bonds is 4. The third-order valence-electron chi connectivity index (χ3n) is 1.51. The van der Waals surface area contributed by atoms with Crippen molar-refractivity contribution in [2.24, 2.45) is 0 Å². The van der Waals surface area contributed by atoms with E-state index in [0.29, 0.717) is 13.2 Å². The summed E-state index contributed by atoms with van der Waals surface area (Å²) in [5, 5.41) is 2.44. The standard InChI is InChI=1S/C8H16N2O3/c1-4-10(8(12)9-3)6-7(11)13-5-2/h4-6H2,1-3H3,(H,9,12). The van der Waals surface area contributed by atoms with Gasteiger partial charge in [0, 0.05) is 13.6 Å². The van der Waals surface area contributed by atoms with Crippen molar-refractivity contribution in [3.63, 3.8) is 0 Å². The van der Waals surface area contributed by atoms with Gasteiger partial charge in [0.15, 0.2) is 0 Å². The number of ether oxygens (including phenoxy) is 1. The number of hydrogen-bond acceptors (Lipinski definition) is 3. The fourth-order valence-electron chi connectivity index (χ4n) is 0.848. The van der Waals surface area contributed by atoms with E-state index in [-0.39, 0.29) is 18.5 Å². The minimum Gasteiger partial charge on any atom is -0.465 e. The van der Waals surface area contributed by atoms with Crippen LogP contribution in [-0.4, -0.2) is 43.6 Å². The van der Waals surface area contributed by atoms with E-state index in [4.69, 9.17) is 4.74 Å². The second-order valence-electron chi connectivity index (χ2n) is 2.37. The first kappa shape index (κ1) is 11.7. The molecule has 0 aliphatic heterocycles. The van der Waals surface area contributed by atoms with Crippen LogP contribution in [0, 0.1) is 0 Å². The maximum atomic E-state index is 11.1. The quantitative estimate of drug-likeness (QED) is 0.642. The van der Waals surface area contributed by atoms with Gasteiger partial charge in [-0.25, -0.2) is 4.79 Å². The molecule has 0 heterocycles. The van der Waals surface area contributed by atoms with Crippen molar-refractivity contribution >= 4 is 12.0 Å². The number of carbonyl (C=O) groups is 2. The van der Waals surface area contributed by atoms with Crippen LogP contribution < -0.4 is 5.32 Å². The SMILES string of the molecule is CCOC(=O)CN(CC)C(=O)NC. The van der Waals surface area contributed by atoms with Crippen LogP contribution in [0.2, 0.25) is 0 Å². The predicted octanol–water partition coefficient (Wildman–Crippen LogP) is 0.211. The van der Waals surface area contributed by atoms with E-state index < -0.39 is 0 Å². The Bertz CT molecular complexity index is 182. The summed E-state index contributed by atoms with van der Waals surface area (Å²) in [4.78, 5) is 23.5. The number of esters is 1. The van der Waals surface area contributed by atoms with Gasteiger partial charge >= 0.3 is 12.0 Å². The average molecular weight is 188 g/mol. The second kappa shape index (κ2) is 6.28. The molecule has 5 heteroatoms. The zero-order valence-corrected chi connectivity index (χ0v) is 8.29. The molecule has 0 atom stereocenters. The van der Waals surface area contributed by atoms with E-state index in [2.05, 4.69) is 5.32 Å². The lowest BCUT2D eigenvalue weighted by Gasteiger charge is -2.18. The lowest BCUT2D eigenvalue weighted by Crippen LogP contribution is -2.41. The van der Waals surface area contributed by atoms with Crippen molar-refractivity contribution in [3.8, 4) is 0 Å². The van der Waals surface area contributed by atoms with Gasteiger partial charge in [0.2, 0.25) is 0 Å². The van der Waals surface area contributed by atoms with E-state index in [0.717, 1.165) is 0 Å². The summed E-state index contributed by atoms with van der Waals surface area (Å²) < 4.78 is 4.71. The smallest absolute Gasteiger partial charge is 0.325 e. The molecule has 0 aliphatic carbocycles. The van der Waals surface area contributed by atoms with Gasteiger partial charge in [-0.05, 0) is 13.8 Å². The van der Waals surface area contributed by atoms with Crippen LogP contribution >= 0.6 is 0 Å². The van der Waals surface area contributed by atoms with Crippen LogP contribution in [0.1, 0.15) is 13.8 Å². The molecule has 76 valence electrons. The van der Waals surface area contributed by atoms with Gasteiger partial charge in [0.05, 0.1) is 6.61 Å². The molecule has 0 aliphatic rings. The molecule has 0 saturated carbocycles. The van der Waals surface area contributed by atoms with Crippen molar-refractivity contribution < 1.29 is 14.3 Å². The van der Waals surface area contributed by atoms with Crippen LogP contribution in [0.15, 0.2) is 0 Å². The van der Waals surface area contributed by atoms with Crippen molar-refractivity contribution in [2.75, 3.05) is 26.7 Å². The Morgan fingerprint density at radius 2 is 2.00 bits per heavy atom. The molecule has 1 N–H and O–H groups in total. The number of amides is 2. The fourth-order valence-corrected chi connectivity index (χ4v) is 0.848. The summed E-state index contributed by atoms with van der Waals surface area (Å²) in [7, 11) is 1.52. The molecular weight excluding hydrogens is 172 g/mol. The highest BCUT2D eigenvalue weighted by atomic mass is 16.5. The number of carbonyl (C=O) groups excluding carboxylic acids is 2. The molecule has 0 aromatic rings. The van der Waals surface area contributed by atoms with Crippen LogP contribution in [0.3, 0.4) is 0 Å². The molecule has 0 bridgehead atoms. The zero-order chi connectivity index (χ0) is 10.3. The zero-order valence-electron chi connectivity index (χ0n) is 8.29. The highest BCUT2D eigenvalue weighted by molar-refractivity contribution is 5.80. The molecule has 0 spiro atoms.